The number of nitrogens with zero attached hydrogens (tertiary/aromatic N) is 2. The number of carbonyl (C=O) groups is 1. The van der Waals surface area contributed by atoms with E-state index in [2.05, 4.69) is 0 Å². The molecule has 7 heteroatoms. The highest BCUT2D eigenvalue weighted by Crippen LogP contribution is 2.61. The molecule has 5 nitrogen and oxygen atoms in total. The van der Waals surface area contributed by atoms with Gasteiger partial charge in [0.1, 0.15) is 16.1 Å². The van der Waals surface area contributed by atoms with Crippen LogP contribution in [0.4, 0.5) is 0 Å². The first kappa shape index (κ1) is 22.1. The van der Waals surface area contributed by atoms with E-state index in [1.54, 1.807) is 6.08 Å². The first-order chi connectivity index (χ1) is 14.0. The Hall–Kier alpha value is -2.55. The number of rotatable bonds is 5. The Morgan fingerprint density at radius 3 is 2.40 bits per heavy atom. The van der Waals surface area contributed by atoms with Gasteiger partial charge in [-0.05, 0) is 42.4 Å². The molecule has 0 aliphatic heterocycles. The Balaban J connectivity index is 2.13. The van der Waals surface area contributed by atoms with Gasteiger partial charge in [-0.3, -0.25) is 14.2 Å². The van der Waals surface area contributed by atoms with Crippen LogP contribution in [0.1, 0.15) is 46.5 Å². The molecule has 1 aliphatic rings. The van der Waals surface area contributed by atoms with E-state index in [1.807, 2.05) is 51.1 Å². The first-order valence-electron chi connectivity index (χ1n) is 9.49. The zero-order valence-electron chi connectivity index (χ0n) is 17.2. The summed E-state index contributed by atoms with van der Waals surface area (Å²) < 4.78 is 1.16. The van der Waals surface area contributed by atoms with Crippen molar-refractivity contribution in [3.8, 4) is 11.9 Å². The standard InChI is InChI=1S/C23H22Cl2N2O3/c1-12-5-7-14(8-6-12)11-27-21(29)15(10-26)13(2)18(22(27)30)20(28)19-16(9-17(24)25)23(19,3)4/h5-9,16,19,30H,11H2,1-4H3. The summed E-state index contributed by atoms with van der Waals surface area (Å²) in [5, 5.41) is 20.5. The molecule has 2 unspecified atom stereocenters. The second kappa shape index (κ2) is 7.94. The molecule has 1 saturated carbocycles. The number of ketones is 1. The van der Waals surface area contributed by atoms with Crippen LogP contribution < -0.4 is 5.56 Å². The van der Waals surface area contributed by atoms with E-state index in [-0.39, 0.29) is 39.4 Å². The van der Waals surface area contributed by atoms with Gasteiger partial charge in [0.05, 0.1) is 12.1 Å². The molecule has 1 fully saturated rings. The summed E-state index contributed by atoms with van der Waals surface area (Å²) in [6, 6.07) is 9.35. The molecule has 1 aliphatic carbocycles. The van der Waals surface area contributed by atoms with Crippen LogP contribution in [0.3, 0.4) is 0 Å². The number of hydrogen-bond acceptors (Lipinski definition) is 4. The maximum atomic E-state index is 13.4. The van der Waals surface area contributed by atoms with Crippen LogP contribution in [0.15, 0.2) is 39.6 Å². The minimum Gasteiger partial charge on any atom is -0.494 e. The molecule has 0 amide bonds. The van der Waals surface area contributed by atoms with Gasteiger partial charge < -0.3 is 5.11 Å². The van der Waals surface area contributed by atoms with Crippen molar-refractivity contribution in [3.63, 3.8) is 0 Å². The highest BCUT2D eigenvalue weighted by atomic mass is 35.5. The minimum atomic E-state index is -0.625. The molecule has 1 aromatic carbocycles. The Bertz CT molecular complexity index is 1150. The zero-order valence-corrected chi connectivity index (χ0v) is 18.7. The third-order valence-electron chi connectivity index (χ3n) is 6.01. The zero-order chi connectivity index (χ0) is 22.4. The molecule has 2 aromatic rings. The van der Waals surface area contributed by atoms with Gasteiger partial charge in [-0.1, -0.05) is 66.9 Å². The fourth-order valence-corrected chi connectivity index (χ4v) is 4.32. The molecular formula is C23H22Cl2N2O3. The summed E-state index contributed by atoms with van der Waals surface area (Å²) in [6.07, 6.45) is 1.62. The van der Waals surface area contributed by atoms with Crippen molar-refractivity contribution in [2.24, 2.45) is 17.3 Å². The first-order valence-corrected chi connectivity index (χ1v) is 10.2. The number of allylic oxidation sites excluding steroid dienone is 1. The second-order valence-electron chi connectivity index (χ2n) is 8.33. The van der Waals surface area contributed by atoms with Crippen molar-refractivity contribution in [1.29, 1.82) is 5.26 Å². The van der Waals surface area contributed by atoms with Gasteiger partial charge in [-0.2, -0.15) is 5.26 Å². The van der Waals surface area contributed by atoms with Gasteiger partial charge in [-0.15, -0.1) is 0 Å². The molecule has 1 N–H and O–H groups in total. The molecule has 0 spiro atoms. The van der Waals surface area contributed by atoms with E-state index in [1.165, 1.54) is 6.92 Å². The van der Waals surface area contributed by atoms with Crippen LogP contribution in [0.2, 0.25) is 0 Å². The van der Waals surface area contributed by atoms with E-state index >= 15 is 0 Å². The summed E-state index contributed by atoms with van der Waals surface area (Å²) in [7, 11) is 0. The van der Waals surface area contributed by atoms with E-state index in [4.69, 9.17) is 23.2 Å². The molecule has 0 bridgehead atoms. The van der Waals surface area contributed by atoms with E-state index in [0.29, 0.717) is 0 Å². The molecule has 1 heterocycles. The van der Waals surface area contributed by atoms with Crippen molar-refractivity contribution in [3.05, 3.63) is 73.0 Å². The Morgan fingerprint density at radius 2 is 1.87 bits per heavy atom. The number of Topliss-reactive ketones (excluding diaryl/α,β-unsaturated/α-hetero) is 1. The smallest absolute Gasteiger partial charge is 0.271 e. The number of pyridine rings is 1. The number of halogens is 2. The summed E-state index contributed by atoms with van der Waals surface area (Å²) in [6.45, 7) is 7.32. The summed E-state index contributed by atoms with van der Waals surface area (Å²) in [5.74, 6) is -1.42. The van der Waals surface area contributed by atoms with Gasteiger partial charge in [0.25, 0.3) is 5.56 Å². The molecule has 0 saturated heterocycles. The SMILES string of the molecule is Cc1ccc(Cn2c(O)c(C(=O)C3C(C=C(Cl)Cl)C3(C)C)c(C)c(C#N)c2=O)cc1. The maximum Gasteiger partial charge on any atom is 0.271 e. The van der Waals surface area contributed by atoms with E-state index in [9.17, 15) is 20.0 Å². The van der Waals surface area contributed by atoms with Gasteiger partial charge in [0, 0.05) is 5.92 Å². The lowest BCUT2D eigenvalue weighted by atomic mass is 9.96. The number of benzene rings is 1. The van der Waals surface area contributed by atoms with Crippen molar-refractivity contribution >= 4 is 29.0 Å². The Kier molecular flexibility index (Phi) is 5.86. The average molecular weight is 445 g/mol. The number of hydrogen-bond donors (Lipinski definition) is 1. The fraction of sp³-hybridized carbons (Fsp3) is 0.348. The quantitative estimate of drug-likeness (QED) is 0.666. The van der Waals surface area contributed by atoms with E-state index in [0.717, 1.165) is 15.7 Å². The third kappa shape index (κ3) is 3.78. The summed E-state index contributed by atoms with van der Waals surface area (Å²) in [4.78, 5) is 26.2. The monoisotopic (exact) mass is 444 g/mol. The van der Waals surface area contributed by atoms with Crippen LogP contribution in [-0.2, 0) is 6.54 Å². The van der Waals surface area contributed by atoms with Crippen molar-refractivity contribution in [2.75, 3.05) is 0 Å². The van der Waals surface area contributed by atoms with Crippen molar-refractivity contribution in [1.82, 2.24) is 4.57 Å². The van der Waals surface area contributed by atoms with Crippen LogP contribution in [0, 0.1) is 42.4 Å². The Labute approximate surface area is 185 Å². The van der Waals surface area contributed by atoms with Gasteiger partial charge >= 0.3 is 0 Å². The normalized spacial score (nSPS) is 19.1. The van der Waals surface area contributed by atoms with Gasteiger partial charge in [0.2, 0.25) is 5.88 Å². The highest BCUT2D eigenvalue weighted by Gasteiger charge is 2.61. The van der Waals surface area contributed by atoms with Gasteiger partial charge in [-0.25, -0.2) is 0 Å². The van der Waals surface area contributed by atoms with Crippen LogP contribution in [-0.4, -0.2) is 15.5 Å². The topological polar surface area (TPSA) is 83.1 Å². The lowest BCUT2D eigenvalue weighted by Gasteiger charge is -2.16. The summed E-state index contributed by atoms with van der Waals surface area (Å²) in [5.41, 5.74) is 0.830. The van der Waals surface area contributed by atoms with Gasteiger partial charge in [0.15, 0.2) is 5.78 Å². The molecular weight excluding hydrogens is 423 g/mol. The summed E-state index contributed by atoms with van der Waals surface area (Å²) >= 11 is 11.6. The van der Waals surface area contributed by atoms with Crippen LogP contribution >= 0.6 is 23.2 Å². The molecule has 3 rings (SSSR count). The molecule has 156 valence electrons. The van der Waals surface area contributed by atoms with Crippen LogP contribution in [0.5, 0.6) is 5.88 Å². The lowest BCUT2D eigenvalue weighted by molar-refractivity contribution is 0.0946. The molecule has 0 radical (unpaired) electrons. The highest BCUT2D eigenvalue weighted by molar-refractivity contribution is 6.55. The molecule has 30 heavy (non-hydrogen) atoms. The number of aryl methyl sites for hydroxylation is 1. The van der Waals surface area contributed by atoms with Crippen LogP contribution in [0.25, 0.3) is 0 Å². The number of aromatic hydroxyl groups is 1. The predicted molar refractivity (Wildman–Crippen MR) is 117 cm³/mol. The minimum absolute atomic E-state index is 0.00192. The average Bonchev–Trinajstić information content (AvgIpc) is 3.19. The maximum absolute atomic E-state index is 13.4. The number of nitriles is 1. The lowest BCUT2D eigenvalue weighted by Crippen LogP contribution is -2.27. The number of aromatic nitrogens is 1. The molecule has 1 aromatic heterocycles. The van der Waals surface area contributed by atoms with Crippen molar-refractivity contribution in [2.45, 2.75) is 34.2 Å². The molecule has 2 atom stereocenters. The predicted octanol–water partition coefficient (Wildman–Crippen LogP) is 4.86. The number of carbonyl (C=O) groups excluding carboxylic acids is 1. The second-order valence-corrected chi connectivity index (χ2v) is 9.34. The largest absolute Gasteiger partial charge is 0.494 e. The van der Waals surface area contributed by atoms with Crippen molar-refractivity contribution < 1.29 is 9.90 Å². The Morgan fingerprint density at radius 1 is 1.27 bits per heavy atom. The van der Waals surface area contributed by atoms with E-state index < -0.39 is 22.8 Å². The third-order valence-corrected chi connectivity index (χ3v) is 6.26. The fourth-order valence-electron chi connectivity index (χ4n) is 4.05.